The van der Waals surface area contributed by atoms with Gasteiger partial charge in [-0.15, -0.1) is 0 Å². The molecule has 2 saturated heterocycles. The van der Waals surface area contributed by atoms with E-state index in [4.69, 9.17) is 4.74 Å². The Morgan fingerprint density at radius 2 is 1.53 bits per heavy atom. The van der Waals surface area contributed by atoms with Crippen molar-refractivity contribution in [3.05, 3.63) is 89.7 Å². The zero-order valence-corrected chi connectivity index (χ0v) is 20.1. The lowest BCUT2D eigenvalue weighted by molar-refractivity contribution is -0.132. The third-order valence-corrected chi connectivity index (χ3v) is 8.06. The van der Waals surface area contributed by atoms with Crippen molar-refractivity contribution in [1.29, 1.82) is 0 Å². The molecule has 7 heteroatoms. The minimum atomic E-state index is -0.502. The topological polar surface area (TPSA) is 71.9 Å². The van der Waals surface area contributed by atoms with Gasteiger partial charge in [0, 0.05) is 44.1 Å². The number of fused-ring (bicyclic) bond motifs is 1. The molecule has 1 atom stereocenters. The van der Waals surface area contributed by atoms with Gasteiger partial charge < -0.3 is 19.1 Å². The van der Waals surface area contributed by atoms with Crippen LogP contribution in [0, 0.1) is 5.41 Å². The summed E-state index contributed by atoms with van der Waals surface area (Å²) in [6.45, 7) is 2.80. The largest absolute Gasteiger partial charge is 0.453 e. The summed E-state index contributed by atoms with van der Waals surface area (Å²) in [5.41, 5.74) is 3.01. The number of aromatic nitrogens is 1. The van der Waals surface area contributed by atoms with E-state index in [2.05, 4.69) is 0 Å². The second kappa shape index (κ2) is 8.97. The smallest absolute Gasteiger partial charge is 0.339 e. The highest BCUT2D eigenvalue weighted by atomic mass is 16.5. The second-order valence-corrected chi connectivity index (χ2v) is 10.2. The molecular weight excluding hydrogens is 454 g/mol. The molecule has 0 bridgehead atoms. The molecule has 36 heavy (non-hydrogen) atoms. The normalized spacial score (nSPS) is 20.4. The van der Waals surface area contributed by atoms with Gasteiger partial charge in [0.1, 0.15) is 6.10 Å². The Morgan fingerprint density at radius 3 is 2.31 bits per heavy atom. The minimum absolute atomic E-state index is 0.0283. The molecule has 0 N–H and O–H groups in total. The van der Waals surface area contributed by atoms with Gasteiger partial charge in [-0.3, -0.25) is 9.59 Å². The van der Waals surface area contributed by atoms with E-state index in [9.17, 15) is 14.4 Å². The maximum absolute atomic E-state index is 13.4. The Bertz CT molecular complexity index is 1310. The molecule has 3 aliphatic rings. The summed E-state index contributed by atoms with van der Waals surface area (Å²) in [6.07, 6.45) is 6.29. The lowest BCUT2D eigenvalue weighted by atomic mass is 9.77. The number of nitrogens with zero attached hydrogens (tertiary/aromatic N) is 3. The molecule has 0 aliphatic carbocycles. The third-order valence-electron chi connectivity index (χ3n) is 8.06. The standard InChI is InChI=1S/C29H29N3O4/c33-26(19-25-21-7-1-2-8-22(21)28(35)36-25)32-18-13-29(20-32)11-16-31(17-12-29)27(34)23-9-3-4-10-24(23)30-14-5-6-15-30/h1-10,14-15,25H,11-13,16-20H2. The van der Waals surface area contributed by atoms with Crippen LogP contribution in [0.15, 0.2) is 73.1 Å². The van der Waals surface area contributed by atoms with Crippen LogP contribution in [0.5, 0.6) is 0 Å². The number of amides is 2. The van der Waals surface area contributed by atoms with Gasteiger partial charge >= 0.3 is 5.97 Å². The first kappa shape index (κ1) is 22.6. The zero-order valence-electron chi connectivity index (χ0n) is 20.1. The number of ether oxygens (including phenoxy) is 1. The Labute approximate surface area is 210 Å². The molecule has 1 unspecified atom stereocenters. The van der Waals surface area contributed by atoms with E-state index in [1.54, 1.807) is 6.07 Å². The quantitative estimate of drug-likeness (QED) is 0.521. The molecule has 2 aromatic carbocycles. The van der Waals surface area contributed by atoms with Crippen molar-refractivity contribution in [1.82, 2.24) is 14.4 Å². The average Bonchev–Trinajstić information content (AvgIpc) is 3.65. The van der Waals surface area contributed by atoms with Gasteiger partial charge in [0.25, 0.3) is 5.91 Å². The predicted molar refractivity (Wildman–Crippen MR) is 134 cm³/mol. The summed E-state index contributed by atoms with van der Waals surface area (Å²) in [5, 5.41) is 0. The summed E-state index contributed by atoms with van der Waals surface area (Å²) in [6, 6.07) is 18.9. The van der Waals surface area contributed by atoms with Crippen molar-refractivity contribution in [2.24, 2.45) is 5.41 Å². The molecule has 1 aromatic heterocycles. The zero-order chi connectivity index (χ0) is 24.7. The van der Waals surface area contributed by atoms with E-state index in [-0.39, 0.29) is 29.6 Å². The van der Waals surface area contributed by atoms with E-state index < -0.39 is 6.10 Å². The summed E-state index contributed by atoms with van der Waals surface area (Å²) >= 11 is 0. The molecular formula is C29H29N3O4. The molecule has 6 rings (SSSR count). The number of piperidine rings is 1. The van der Waals surface area contributed by atoms with Crippen LogP contribution >= 0.6 is 0 Å². The van der Waals surface area contributed by atoms with Crippen molar-refractivity contribution in [2.45, 2.75) is 31.8 Å². The van der Waals surface area contributed by atoms with Crippen molar-refractivity contribution in [3.63, 3.8) is 0 Å². The molecule has 184 valence electrons. The van der Waals surface area contributed by atoms with Gasteiger partial charge in [-0.1, -0.05) is 30.3 Å². The van der Waals surface area contributed by atoms with E-state index in [1.165, 1.54) is 0 Å². The highest BCUT2D eigenvalue weighted by Crippen LogP contribution is 2.42. The molecule has 0 saturated carbocycles. The second-order valence-electron chi connectivity index (χ2n) is 10.2. The fraction of sp³-hybridized carbons (Fsp3) is 0.345. The third kappa shape index (κ3) is 3.98. The van der Waals surface area contributed by atoms with Crippen molar-refractivity contribution in [3.8, 4) is 5.69 Å². The Morgan fingerprint density at radius 1 is 0.861 bits per heavy atom. The summed E-state index contributed by atoms with van der Waals surface area (Å²) in [5.74, 6) is -0.265. The molecule has 2 fully saturated rings. The monoisotopic (exact) mass is 483 g/mol. The lowest BCUT2D eigenvalue weighted by Crippen LogP contribution is -2.45. The lowest BCUT2D eigenvalue weighted by Gasteiger charge is -2.39. The van der Waals surface area contributed by atoms with Crippen LogP contribution in [0.2, 0.25) is 0 Å². The highest BCUT2D eigenvalue weighted by Gasteiger charge is 2.44. The Kier molecular flexibility index (Phi) is 5.63. The molecule has 2 amide bonds. The van der Waals surface area contributed by atoms with Crippen LogP contribution in [0.1, 0.15) is 58.1 Å². The van der Waals surface area contributed by atoms with E-state index in [1.807, 2.05) is 81.4 Å². The van der Waals surface area contributed by atoms with Crippen LogP contribution in [0.25, 0.3) is 5.69 Å². The molecule has 3 aromatic rings. The first-order chi connectivity index (χ1) is 17.5. The van der Waals surface area contributed by atoms with Crippen LogP contribution < -0.4 is 0 Å². The van der Waals surface area contributed by atoms with Gasteiger partial charge in [0.05, 0.1) is 23.2 Å². The number of carbonyl (C=O) groups excluding carboxylic acids is 3. The van der Waals surface area contributed by atoms with E-state index >= 15 is 0 Å². The van der Waals surface area contributed by atoms with Gasteiger partial charge in [0.2, 0.25) is 5.91 Å². The maximum atomic E-state index is 13.4. The number of carbonyl (C=O) groups is 3. The maximum Gasteiger partial charge on any atom is 0.339 e. The van der Waals surface area contributed by atoms with Gasteiger partial charge in [0.15, 0.2) is 0 Å². The fourth-order valence-corrected chi connectivity index (χ4v) is 5.94. The first-order valence-electron chi connectivity index (χ1n) is 12.6. The van der Waals surface area contributed by atoms with E-state index in [0.717, 1.165) is 30.5 Å². The summed E-state index contributed by atoms with van der Waals surface area (Å²) in [4.78, 5) is 42.5. The summed E-state index contributed by atoms with van der Waals surface area (Å²) < 4.78 is 7.46. The fourth-order valence-electron chi connectivity index (χ4n) is 5.94. The van der Waals surface area contributed by atoms with Crippen LogP contribution in [-0.4, -0.2) is 58.3 Å². The number of hydrogen-bond donors (Lipinski definition) is 0. The number of hydrogen-bond acceptors (Lipinski definition) is 4. The predicted octanol–water partition coefficient (Wildman–Crippen LogP) is 4.23. The molecule has 7 nitrogen and oxygen atoms in total. The van der Waals surface area contributed by atoms with Gasteiger partial charge in [-0.25, -0.2) is 4.79 Å². The molecule has 4 heterocycles. The number of likely N-dealkylation sites (tertiary alicyclic amines) is 2. The first-order valence-corrected chi connectivity index (χ1v) is 12.6. The number of esters is 1. The number of rotatable bonds is 4. The number of para-hydroxylation sites is 1. The summed E-state index contributed by atoms with van der Waals surface area (Å²) in [7, 11) is 0. The average molecular weight is 484 g/mol. The molecule has 0 radical (unpaired) electrons. The Balaban J connectivity index is 1.08. The van der Waals surface area contributed by atoms with Crippen molar-refractivity contribution >= 4 is 17.8 Å². The van der Waals surface area contributed by atoms with E-state index in [0.29, 0.717) is 37.3 Å². The molecule has 1 spiro atoms. The minimum Gasteiger partial charge on any atom is -0.453 e. The van der Waals surface area contributed by atoms with Gasteiger partial charge in [-0.2, -0.15) is 0 Å². The number of benzene rings is 2. The van der Waals surface area contributed by atoms with Crippen LogP contribution in [0.4, 0.5) is 0 Å². The van der Waals surface area contributed by atoms with Crippen LogP contribution in [0.3, 0.4) is 0 Å². The highest BCUT2D eigenvalue weighted by molar-refractivity contribution is 5.98. The van der Waals surface area contributed by atoms with Crippen molar-refractivity contribution in [2.75, 3.05) is 26.2 Å². The number of cyclic esters (lactones) is 1. The van der Waals surface area contributed by atoms with Crippen LogP contribution in [-0.2, 0) is 9.53 Å². The Hall–Kier alpha value is -3.87. The SMILES string of the molecule is O=C1OC(CC(=O)N2CCC3(CCN(C(=O)c4ccccc4-n4cccc4)CC3)C2)c2ccccc21. The molecule has 3 aliphatic heterocycles. The van der Waals surface area contributed by atoms with Gasteiger partial charge in [-0.05, 0) is 55.0 Å². The van der Waals surface area contributed by atoms with Crippen molar-refractivity contribution < 1.29 is 19.1 Å².